The average molecular weight is 501 g/mol. The number of hydrogen-bond donors (Lipinski definition) is 4. The Morgan fingerprint density at radius 3 is 2.34 bits per heavy atom. The number of carboxylic acid groups (broad SMARTS) is 1. The molecule has 2 fully saturated rings. The summed E-state index contributed by atoms with van der Waals surface area (Å²) in [6.45, 7) is 6.07. The van der Waals surface area contributed by atoms with Crippen LogP contribution in [0.2, 0.25) is 0 Å². The lowest BCUT2D eigenvalue weighted by Gasteiger charge is -2.38. The van der Waals surface area contributed by atoms with E-state index in [-0.39, 0.29) is 30.5 Å². The van der Waals surface area contributed by atoms with E-state index in [1.165, 1.54) is 6.08 Å². The van der Waals surface area contributed by atoms with Crippen molar-refractivity contribution in [3.63, 3.8) is 0 Å². The standard InChI is InChI=1S/C26H44O9/c1-16(13-23(30)33-11-9-7-5-4-6-8-10-22(28)29)12-20-25(32)24(31)19(15-34-20)14-21-26(35-21)17(2)18(3)27/h13,17-21,24-27,31-32H,4-12,14-15H2,1-3H3,(H,28,29)/b16-13+/t17-,18+,19+,20+,21-,24+,25-,26+/m0/s1. The zero-order valence-electron chi connectivity index (χ0n) is 21.3. The highest BCUT2D eigenvalue weighted by atomic mass is 16.6. The second-order valence-corrected chi connectivity index (χ2v) is 10.2. The second kappa shape index (κ2) is 14.9. The molecule has 0 spiro atoms. The molecule has 0 aromatic carbocycles. The fraction of sp³-hybridized carbons (Fsp3) is 0.846. The molecule has 0 saturated carbocycles. The molecule has 35 heavy (non-hydrogen) atoms. The molecule has 0 aromatic heterocycles. The van der Waals surface area contributed by atoms with Gasteiger partial charge in [0.05, 0.1) is 43.7 Å². The highest BCUT2D eigenvalue weighted by molar-refractivity contribution is 5.82. The van der Waals surface area contributed by atoms with E-state index >= 15 is 0 Å². The van der Waals surface area contributed by atoms with Crippen molar-refractivity contribution in [1.29, 1.82) is 0 Å². The van der Waals surface area contributed by atoms with Crippen LogP contribution in [0.3, 0.4) is 0 Å². The van der Waals surface area contributed by atoms with Gasteiger partial charge in [-0.2, -0.15) is 0 Å². The predicted octanol–water partition coefficient (Wildman–Crippen LogP) is 2.59. The van der Waals surface area contributed by atoms with Crippen LogP contribution in [0.25, 0.3) is 0 Å². The largest absolute Gasteiger partial charge is 0.481 e. The molecule has 2 aliphatic rings. The zero-order chi connectivity index (χ0) is 26.0. The molecular weight excluding hydrogens is 456 g/mol. The maximum Gasteiger partial charge on any atom is 0.330 e. The fourth-order valence-electron chi connectivity index (χ4n) is 4.59. The van der Waals surface area contributed by atoms with Crippen LogP contribution in [0.15, 0.2) is 11.6 Å². The number of ether oxygens (including phenoxy) is 3. The summed E-state index contributed by atoms with van der Waals surface area (Å²) in [5, 5.41) is 39.5. The summed E-state index contributed by atoms with van der Waals surface area (Å²) in [5.74, 6) is -1.42. The molecule has 2 saturated heterocycles. The van der Waals surface area contributed by atoms with Gasteiger partial charge in [0.15, 0.2) is 0 Å². The van der Waals surface area contributed by atoms with Crippen molar-refractivity contribution in [1.82, 2.24) is 0 Å². The van der Waals surface area contributed by atoms with E-state index in [0.29, 0.717) is 38.0 Å². The smallest absolute Gasteiger partial charge is 0.330 e. The maximum absolute atomic E-state index is 12.1. The van der Waals surface area contributed by atoms with Crippen LogP contribution in [-0.2, 0) is 23.8 Å². The fourth-order valence-corrected chi connectivity index (χ4v) is 4.59. The number of aliphatic hydroxyl groups excluding tert-OH is 3. The SMILES string of the molecule is C/C(=C\C(=O)OCCCCCCCCC(=O)O)C[C@H]1OC[C@@H](C[C@@H]2O[C@@H]2[C@@H](C)[C@@H](C)O)[C@@H](O)[C@H]1O. The van der Waals surface area contributed by atoms with Crippen LogP contribution in [-0.4, -0.2) is 82.2 Å². The summed E-state index contributed by atoms with van der Waals surface area (Å²) in [5.41, 5.74) is 0.708. The number of hydrogen-bond acceptors (Lipinski definition) is 8. The third-order valence-electron chi connectivity index (χ3n) is 7.09. The Bertz CT molecular complexity index is 692. The summed E-state index contributed by atoms with van der Waals surface area (Å²) in [6.07, 6.45) is 4.61. The van der Waals surface area contributed by atoms with Gasteiger partial charge in [-0.25, -0.2) is 4.79 Å². The highest BCUT2D eigenvalue weighted by Crippen LogP contribution is 2.38. The summed E-state index contributed by atoms with van der Waals surface area (Å²) >= 11 is 0. The molecule has 2 rings (SSSR count). The molecule has 0 aromatic rings. The molecular formula is C26H44O9. The van der Waals surface area contributed by atoms with Gasteiger partial charge in [0, 0.05) is 24.3 Å². The second-order valence-electron chi connectivity index (χ2n) is 10.2. The van der Waals surface area contributed by atoms with Crippen LogP contribution >= 0.6 is 0 Å². The molecule has 0 radical (unpaired) electrons. The van der Waals surface area contributed by atoms with Crippen molar-refractivity contribution >= 4 is 11.9 Å². The average Bonchev–Trinajstić information content (AvgIpc) is 3.55. The third kappa shape index (κ3) is 10.6. The molecule has 0 aliphatic carbocycles. The lowest BCUT2D eigenvalue weighted by Crippen LogP contribution is -2.50. The van der Waals surface area contributed by atoms with Gasteiger partial charge in [-0.3, -0.25) is 4.79 Å². The van der Waals surface area contributed by atoms with Gasteiger partial charge >= 0.3 is 11.9 Å². The van der Waals surface area contributed by atoms with Crippen LogP contribution < -0.4 is 0 Å². The van der Waals surface area contributed by atoms with E-state index in [4.69, 9.17) is 19.3 Å². The van der Waals surface area contributed by atoms with Crippen LogP contribution in [0, 0.1) is 11.8 Å². The number of epoxide rings is 1. The first kappa shape index (κ1) is 29.7. The third-order valence-corrected chi connectivity index (χ3v) is 7.09. The van der Waals surface area contributed by atoms with Gasteiger partial charge < -0.3 is 34.6 Å². The number of unbranched alkanes of at least 4 members (excludes halogenated alkanes) is 5. The number of aliphatic carboxylic acids is 1. The Morgan fingerprint density at radius 2 is 1.69 bits per heavy atom. The molecule has 202 valence electrons. The van der Waals surface area contributed by atoms with Gasteiger partial charge in [-0.05, 0) is 39.5 Å². The van der Waals surface area contributed by atoms with Gasteiger partial charge in [0.25, 0.3) is 0 Å². The van der Waals surface area contributed by atoms with Crippen molar-refractivity contribution in [2.24, 2.45) is 11.8 Å². The minimum atomic E-state index is -1.06. The maximum atomic E-state index is 12.1. The summed E-state index contributed by atoms with van der Waals surface area (Å²) in [6, 6.07) is 0. The van der Waals surface area contributed by atoms with Gasteiger partial charge in [0.2, 0.25) is 0 Å². The molecule has 9 heteroatoms. The Labute approximate surface area is 208 Å². The monoisotopic (exact) mass is 500 g/mol. The van der Waals surface area contributed by atoms with E-state index in [2.05, 4.69) is 0 Å². The molecule has 8 atom stereocenters. The minimum absolute atomic E-state index is 0.0160. The Hall–Kier alpha value is -1.52. The number of esters is 1. The first-order chi connectivity index (χ1) is 16.6. The lowest BCUT2D eigenvalue weighted by molar-refractivity contribution is -0.165. The van der Waals surface area contributed by atoms with Crippen LogP contribution in [0.5, 0.6) is 0 Å². The zero-order valence-corrected chi connectivity index (χ0v) is 21.3. The van der Waals surface area contributed by atoms with E-state index in [9.17, 15) is 24.9 Å². The van der Waals surface area contributed by atoms with E-state index in [1.54, 1.807) is 13.8 Å². The number of aliphatic hydroxyl groups is 3. The quantitative estimate of drug-likeness (QED) is 0.109. The molecule has 4 N–H and O–H groups in total. The molecule has 0 bridgehead atoms. The number of rotatable bonds is 16. The van der Waals surface area contributed by atoms with Gasteiger partial charge in [0.1, 0.15) is 6.10 Å². The van der Waals surface area contributed by atoms with Gasteiger partial charge in [-0.15, -0.1) is 0 Å². The van der Waals surface area contributed by atoms with Crippen molar-refractivity contribution in [3.05, 3.63) is 11.6 Å². The van der Waals surface area contributed by atoms with Crippen molar-refractivity contribution in [2.45, 2.75) is 115 Å². The first-order valence-corrected chi connectivity index (χ1v) is 13.0. The molecule has 0 unspecified atom stereocenters. The Balaban J connectivity index is 1.62. The number of carbonyl (C=O) groups excluding carboxylic acids is 1. The van der Waals surface area contributed by atoms with Crippen molar-refractivity contribution in [3.8, 4) is 0 Å². The minimum Gasteiger partial charge on any atom is -0.481 e. The summed E-state index contributed by atoms with van der Waals surface area (Å²) in [7, 11) is 0. The molecule has 0 amide bonds. The van der Waals surface area contributed by atoms with Crippen molar-refractivity contribution in [2.75, 3.05) is 13.2 Å². The molecule has 9 nitrogen and oxygen atoms in total. The van der Waals surface area contributed by atoms with E-state index in [0.717, 1.165) is 32.1 Å². The number of carbonyl (C=O) groups is 2. The summed E-state index contributed by atoms with van der Waals surface area (Å²) < 4.78 is 16.7. The number of carboxylic acids is 1. The van der Waals surface area contributed by atoms with Gasteiger partial charge in [-0.1, -0.05) is 38.2 Å². The Morgan fingerprint density at radius 1 is 1.03 bits per heavy atom. The normalized spacial score (nSPS) is 30.5. The van der Waals surface area contributed by atoms with E-state index < -0.39 is 36.4 Å². The molecule has 2 heterocycles. The summed E-state index contributed by atoms with van der Waals surface area (Å²) in [4.78, 5) is 22.5. The lowest BCUT2D eigenvalue weighted by atomic mass is 9.85. The van der Waals surface area contributed by atoms with E-state index in [1.807, 2.05) is 6.92 Å². The molecule has 2 aliphatic heterocycles. The van der Waals surface area contributed by atoms with Crippen LogP contribution in [0.4, 0.5) is 0 Å². The first-order valence-electron chi connectivity index (χ1n) is 13.0. The topological polar surface area (TPSA) is 146 Å². The van der Waals surface area contributed by atoms with Crippen molar-refractivity contribution < 1.29 is 44.2 Å². The highest BCUT2D eigenvalue weighted by Gasteiger charge is 2.48. The van der Waals surface area contributed by atoms with Crippen LogP contribution in [0.1, 0.15) is 78.6 Å². The Kier molecular flexibility index (Phi) is 12.6. The predicted molar refractivity (Wildman–Crippen MR) is 129 cm³/mol.